The largest absolute Gasteiger partial charge is 0.486 e. The fourth-order valence-corrected chi connectivity index (χ4v) is 3.46. The fourth-order valence-electron chi connectivity index (χ4n) is 3.46. The molecule has 2 aliphatic rings. The maximum absolute atomic E-state index is 12.7. The summed E-state index contributed by atoms with van der Waals surface area (Å²) in [4.78, 5) is 28.0. The Kier molecular flexibility index (Phi) is 4.71. The first-order chi connectivity index (χ1) is 13.1. The summed E-state index contributed by atoms with van der Waals surface area (Å²) in [7, 11) is 1.77. The van der Waals surface area contributed by atoms with E-state index in [4.69, 9.17) is 9.47 Å². The number of amides is 2. The molecule has 6 nitrogen and oxygen atoms in total. The van der Waals surface area contributed by atoms with E-state index in [0.717, 1.165) is 35.7 Å². The zero-order chi connectivity index (χ0) is 18.8. The summed E-state index contributed by atoms with van der Waals surface area (Å²) in [6.45, 7) is 2.32. The number of ether oxygens (including phenoxy) is 2. The van der Waals surface area contributed by atoms with Crippen molar-refractivity contribution in [3.05, 3.63) is 53.6 Å². The lowest BCUT2D eigenvalue weighted by Gasteiger charge is -2.21. The summed E-state index contributed by atoms with van der Waals surface area (Å²) in [6, 6.07) is 13.0. The second-order valence-corrected chi connectivity index (χ2v) is 6.84. The van der Waals surface area contributed by atoms with Crippen LogP contribution < -0.4 is 14.4 Å². The number of carbonyl (C=O) groups excluding carboxylic acids is 2. The van der Waals surface area contributed by atoms with Crippen LogP contribution in [-0.4, -0.2) is 43.5 Å². The number of nitrogens with zero attached hydrogens (tertiary/aromatic N) is 2. The molecule has 0 bridgehead atoms. The minimum Gasteiger partial charge on any atom is -0.486 e. The van der Waals surface area contributed by atoms with Crippen LogP contribution >= 0.6 is 0 Å². The Morgan fingerprint density at radius 3 is 2.52 bits per heavy atom. The van der Waals surface area contributed by atoms with Crippen molar-refractivity contribution in [2.24, 2.45) is 0 Å². The van der Waals surface area contributed by atoms with Gasteiger partial charge in [0.15, 0.2) is 11.5 Å². The molecule has 0 atom stereocenters. The fraction of sp³-hybridized carbons (Fsp3) is 0.333. The third kappa shape index (κ3) is 3.60. The number of benzene rings is 2. The van der Waals surface area contributed by atoms with Crippen LogP contribution in [0.4, 0.5) is 5.69 Å². The molecule has 1 saturated heterocycles. The first-order valence-corrected chi connectivity index (χ1v) is 9.16. The second kappa shape index (κ2) is 7.31. The van der Waals surface area contributed by atoms with Gasteiger partial charge in [-0.2, -0.15) is 0 Å². The second-order valence-electron chi connectivity index (χ2n) is 6.84. The summed E-state index contributed by atoms with van der Waals surface area (Å²) in [5.74, 6) is 1.54. The number of fused-ring (bicyclic) bond motifs is 1. The molecule has 0 radical (unpaired) electrons. The summed E-state index contributed by atoms with van der Waals surface area (Å²) >= 11 is 0. The zero-order valence-corrected chi connectivity index (χ0v) is 15.3. The highest BCUT2D eigenvalue weighted by atomic mass is 16.6. The van der Waals surface area contributed by atoms with E-state index in [1.165, 1.54) is 0 Å². The highest BCUT2D eigenvalue weighted by molar-refractivity contribution is 5.97. The van der Waals surface area contributed by atoms with Crippen LogP contribution in [0.3, 0.4) is 0 Å². The maximum atomic E-state index is 12.7. The molecule has 2 heterocycles. The first-order valence-electron chi connectivity index (χ1n) is 9.16. The lowest BCUT2D eigenvalue weighted by atomic mass is 10.1. The van der Waals surface area contributed by atoms with Crippen molar-refractivity contribution < 1.29 is 19.1 Å². The SMILES string of the molecule is CN(Cc1ccc2c(c1)OCCO2)C(=O)c1ccc(N2CCCC2=O)cc1. The highest BCUT2D eigenvalue weighted by Gasteiger charge is 2.22. The van der Waals surface area contributed by atoms with Crippen molar-refractivity contribution >= 4 is 17.5 Å². The van der Waals surface area contributed by atoms with Gasteiger partial charge in [-0.3, -0.25) is 9.59 Å². The Bertz CT molecular complexity index is 863. The van der Waals surface area contributed by atoms with Gasteiger partial charge in [0.25, 0.3) is 5.91 Å². The van der Waals surface area contributed by atoms with Gasteiger partial charge < -0.3 is 19.3 Å². The molecule has 2 aliphatic heterocycles. The molecule has 4 rings (SSSR count). The summed E-state index contributed by atoms with van der Waals surface area (Å²) in [5.41, 5.74) is 2.43. The molecule has 0 saturated carbocycles. The minimum absolute atomic E-state index is 0.0656. The highest BCUT2D eigenvalue weighted by Crippen LogP contribution is 2.31. The van der Waals surface area contributed by atoms with E-state index in [9.17, 15) is 9.59 Å². The van der Waals surface area contributed by atoms with Crippen LogP contribution in [0.25, 0.3) is 0 Å². The molecule has 0 aliphatic carbocycles. The zero-order valence-electron chi connectivity index (χ0n) is 15.3. The van der Waals surface area contributed by atoms with E-state index < -0.39 is 0 Å². The van der Waals surface area contributed by atoms with Crippen LogP contribution in [0.1, 0.15) is 28.8 Å². The van der Waals surface area contributed by atoms with Crippen molar-refractivity contribution in [2.75, 3.05) is 31.7 Å². The summed E-state index contributed by atoms with van der Waals surface area (Å²) < 4.78 is 11.1. The molecule has 0 N–H and O–H groups in total. The van der Waals surface area contributed by atoms with Gasteiger partial charge in [0.2, 0.25) is 5.91 Å². The lowest BCUT2D eigenvalue weighted by molar-refractivity contribution is -0.117. The van der Waals surface area contributed by atoms with Gasteiger partial charge >= 0.3 is 0 Å². The normalized spacial score (nSPS) is 15.7. The molecule has 140 valence electrons. The third-order valence-corrected chi connectivity index (χ3v) is 4.87. The number of hydrogen-bond acceptors (Lipinski definition) is 4. The molecule has 27 heavy (non-hydrogen) atoms. The van der Waals surface area contributed by atoms with Crippen LogP contribution in [0.2, 0.25) is 0 Å². The van der Waals surface area contributed by atoms with Gasteiger partial charge in [-0.1, -0.05) is 6.07 Å². The van der Waals surface area contributed by atoms with E-state index in [-0.39, 0.29) is 11.8 Å². The number of anilines is 1. The molecule has 0 spiro atoms. The van der Waals surface area contributed by atoms with E-state index in [1.54, 1.807) is 29.0 Å². The van der Waals surface area contributed by atoms with E-state index in [2.05, 4.69) is 0 Å². The van der Waals surface area contributed by atoms with Gasteiger partial charge in [0.05, 0.1) is 0 Å². The van der Waals surface area contributed by atoms with Crippen LogP contribution in [-0.2, 0) is 11.3 Å². The minimum atomic E-state index is -0.0656. The number of rotatable bonds is 4. The standard InChI is InChI=1S/C21H22N2O4/c1-22(14-15-4-9-18-19(13-15)27-12-11-26-18)21(25)16-5-7-17(8-6-16)23-10-2-3-20(23)24/h4-9,13H,2-3,10-12,14H2,1H3. The maximum Gasteiger partial charge on any atom is 0.253 e. The topological polar surface area (TPSA) is 59.1 Å². The molecular formula is C21H22N2O4. The van der Waals surface area contributed by atoms with Crippen LogP contribution in [0.15, 0.2) is 42.5 Å². The molecule has 6 heteroatoms. The average Bonchev–Trinajstić information content (AvgIpc) is 3.13. The number of hydrogen-bond donors (Lipinski definition) is 0. The van der Waals surface area contributed by atoms with E-state index >= 15 is 0 Å². The molecule has 2 aromatic carbocycles. The predicted octanol–water partition coefficient (Wildman–Crippen LogP) is 2.86. The first kappa shape index (κ1) is 17.4. The van der Waals surface area contributed by atoms with Crippen molar-refractivity contribution in [3.63, 3.8) is 0 Å². The lowest BCUT2D eigenvalue weighted by Crippen LogP contribution is -2.27. The molecule has 1 fully saturated rings. The van der Waals surface area contributed by atoms with E-state index in [0.29, 0.717) is 31.7 Å². The summed E-state index contributed by atoms with van der Waals surface area (Å²) in [5, 5.41) is 0. The van der Waals surface area contributed by atoms with Gasteiger partial charge in [-0.25, -0.2) is 0 Å². The average molecular weight is 366 g/mol. The molecule has 0 aromatic heterocycles. The van der Waals surface area contributed by atoms with Crippen LogP contribution in [0.5, 0.6) is 11.5 Å². The Morgan fingerprint density at radius 2 is 1.81 bits per heavy atom. The molecule has 2 aromatic rings. The molecule has 0 unspecified atom stereocenters. The third-order valence-electron chi connectivity index (χ3n) is 4.87. The Morgan fingerprint density at radius 1 is 1.07 bits per heavy atom. The van der Waals surface area contributed by atoms with E-state index in [1.807, 2.05) is 30.3 Å². The van der Waals surface area contributed by atoms with Gasteiger partial charge in [0, 0.05) is 37.8 Å². The monoisotopic (exact) mass is 366 g/mol. The molecular weight excluding hydrogens is 344 g/mol. The van der Waals surface area contributed by atoms with Gasteiger partial charge in [-0.15, -0.1) is 0 Å². The van der Waals surface area contributed by atoms with Crippen molar-refractivity contribution in [3.8, 4) is 11.5 Å². The van der Waals surface area contributed by atoms with Crippen molar-refractivity contribution in [1.29, 1.82) is 0 Å². The van der Waals surface area contributed by atoms with Gasteiger partial charge in [-0.05, 0) is 48.4 Å². The number of carbonyl (C=O) groups is 2. The summed E-state index contributed by atoms with van der Waals surface area (Å²) in [6.07, 6.45) is 1.48. The quantitative estimate of drug-likeness (QED) is 0.835. The Balaban J connectivity index is 1.43. The van der Waals surface area contributed by atoms with Crippen LogP contribution in [0, 0.1) is 0 Å². The van der Waals surface area contributed by atoms with Crippen molar-refractivity contribution in [2.45, 2.75) is 19.4 Å². The Hall–Kier alpha value is -3.02. The van der Waals surface area contributed by atoms with Crippen molar-refractivity contribution in [1.82, 2.24) is 4.90 Å². The smallest absolute Gasteiger partial charge is 0.253 e. The Labute approximate surface area is 158 Å². The van der Waals surface area contributed by atoms with Gasteiger partial charge in [0.1, 0.15) is 13.2 Å². The predicted molar refractivity (Wildman–Crippen MR) is 101 cm³/mol. The molecule has 2 amide bonds.